The van der Waals surface area contributed by atoms with Gasteiger partial charge in [-0.25, -0.2) is 9.67 Å². The van der Waals surface area contributed by atoms with E-state index in [0.717, 1.165) is 23.2 Å². The molecule has 1 aliphatic heterocycles. The third kappa shape index (κ3) is 4.45. The van der Waals surface area contributed by atoms with Crippen LogP contribution in [0.3, 0.4) is 0 Å². The molecule has 0 amide bonds. The fraction of sp³-hybridized carbons (Fsp3) is 0.579. The Kier molecular flexibility index (Phi) is 6.15. The van der Waals surface area contributed by atoms with Gasteiger partial charge in [-0.05, 0) is 19.8 Å². The molecule has 0 aromatic carbocycles. The number of H-pyrrole nitrogens is 1. The van der Waals surface area contributed by atoms with Crippen molar-refractivity contribution in [3.63, 3.8) is 0 Å². The van der Waals surface area contributed by atoms with E-state index < -0.39 is 0 Å². The fourth-order valence-electron chi connectivity index (χ4n) is 3.59. The molecule has 1 saturated carbocycles. The summed E-state index contributed by atoms with van der Waals surface area (Å²) in [7, 11) is 1.82. The topological polar surface area (TPSA) is 103 Å². The highest BCUT2D eigenvalue weighted by Gasteiger charge is 2.17. The predicted molar refractivity (Wildman–Crippen MR) is 111 cm³/mol. The highest BCUT2D eigenvalue weighted by molar-refractivity contribution is 6.34. The van der Waals surface area contributed by atoms with Gasteiger partial charge in [-0.2, -0.15) is 10.1 Å². The van der Waals surface area contributed by atoms with Crippen molar-refractivity contribution in [1.29, 1.82) is 0 Å². The Bertz CT molecular complexity index is 965. The van der Waals surface area contributed by atoms with Crippen LogP contribution >= 0.6 is 11.6 Å². The second-order valence-corrected chi connectivity index (χ2v) is 7.65. The van der Waals surface area contributed by atoms with Gasteiger partial charge in [0.1, 0.15) is 5.69 Å². The Hall–Kier alpha value is -2.39. The van der Waals surface area contributed by atoms with Crippen LogP contribution in [0.25, 0.3) is 11.0 Å². The summed E-state index contributed by atoms with van der Waals surface area (Å²) in [5, 5.41) is 15.6. The molecule has 29 heavy (non-hydrogen) atoms. The second kappa shape index (κ2) is 8.96. The van der Waals surface area contributed by atoms with Crippen LogP contribution in [0.15, 0.2) is 6.20 Å². The van der Waals surface area contributed by atoms with Gasteiger partial charge in [-0.15, -0.1) is 5.10 Å². The first-order valence-corrected chi connectivity index (χ1v) is 10.4. The van der Waals surface area contributed by atoms with Gasteiger partial charge in [-0.3, -0.25) is 5.10 Å². The number of anilines is 2. The number of fused-ring (bicyclic) bond motifs is 2. The van der Waals surface area contributed by atoms with Crippen molar-refractivity contribution in [2.45, 2.75) is 58.1 Å². The Morgan fingerprint density at radius 1 is 1.24 bits per heavy atom. The molecular weight excluding hydrogens is 394 g/mol. The van der Waals surface area contributed by atoms with Crippen LogP contribution in [0.5, 0.6) is 5.88 Å². The van der Waals surface area contributed by atoms with E-state index in [1.807, 2.05) is 14.0 Å². The quantitative estimate of drug-likeness (QED) is 0.614. The number of nitrogens with zero attached hydrogens (tertiary/aromatic N) is 5. The number of hydrogen-bond acceptors (Lipinski definition) is 7. The Balaban J connectivity index is 0.000000216. The number of halogens is 1. The molecule has 1 fully saturated rings. The molecule has 3 aromatic heterocycles. The van der Waals surface area contributed by atoms with E-state index in [-0.39, 0.29) is 0 Å². The number of aromatic amines is 1. The molecule has 2 aliphatic rings. The lowest BCUT2D eigenvalue weighted by Gasteiger charge is -2.19. The lowest BCUT2D eigenvalue weighted by molar-refractivity contribution is 0.0710. The molecule has 10 heteroatoms. The smallest absolute Gasteiger partial charge is 0.256 e. The molecule has 0 spiro atoms. The Morgan fingerprint density at radius 3 is 2.83 bits per heavy atom. The molecule has 4 heterocycles. The summed E-state index contributed by atoms with van der Waals surface area (Å²) in [5.74, 6) is 0.977. The van der Waals surface area contributed by atoms with Crippen molar-refractivity contribution in [2.75, 3.05) is 19.0 Å². The summed E-state index contributed by atoms with van der Waals surface area (Å²) >= 11 is 6.11. The molecule has 1 aliphatic carbocycles. The monoisotopic (exact) mass is 419 g/mol. The SMILES string of the molecule is COC1CCCCC1.Cc1[nH]nc2c1Nc1ncc3c(Cl)nn(c3n1)CCCO2. The standard InChI is InChI=1S/C12H12ClN7O.C7H14O/c1-6-8-11(18-17-6)21-4-2-3-20-10-7(9(13)19-20)5-14-12(15-8)16-10;1-8-7-5-3-2-4-6-7/h5H,2-4H2,1H3,(H,17,18)(H,14,15,16);7H,2-6H2,1H3. The van der Waals surface area contributed by atoms with E-state index in [0.29, 0.717) is 41.9 Å². The Labute approximate surface area is 174 Å². The number of methoxy groups -OCH3 is 1. The van der Waals surface area contributed by atoms with Crippen molar-refractivity contribution in [3.05, 3.63) is 17.0 Å². The van der Waals surface area contributed by atoms with Gasteiger partial charge in [0.05, 0.1) is 23.8 Å². The van der Waals surface area contributed by atoms with Gasteiger partial charge >= 0.3 is 0 Å². The minimum atomic E-state index is 0.412. The van der Waals surface area contributed by atoms with Gasteiger partial charge < -0.3 is 14.8 Å². The van der Waals surface area contributed by atoms with Crippen LogP contribution in [0, 0.1) is 6.92 Å². The molecule has 0 atom stereocenters. The van der Waals surface area contributed by atoms with Crippen molar-refractivity contribution in [1.82, 2.24) is 29.9 Å². The molecule has 3 aromatic rings. The van der Waals surface area contributed by atoms with Gasteiger partial charge in [0.25, 0.3) is 5.88 Å². The first kappa shape index (κ1) is 19.9. The number of hydrogen-bond donors (Lipinski definition) is 2. The minimum Gasteiger partial charge on any atom is -0.475 e. The van der Waals surface area contributed by atoms with E-state index >= 15 is 0 Å². The number of aryl methyl sites for hydroxylation is 2. The molecule has 0 radical (unpaired) electrons. The van der Waals surface area contributed by atoms with Crippen LogP contribution in [-0.2, 0) is 11.3 Å². The summed E-state index contributed by atoms with van der Waals surface area (Å²) in [6.07, 6.45) is 9.77. The third-order valence-electron chi connectivity index (χ3n) is 5.23. The van der Waals surface area contributed by atoms with Crippen molar-refractivity contribution in [3.8, 4) is 5.88 Å². The van der Waals surface area contributed by atoms with Crippen molar-refractivity contribution < 1.29 is 9.47 Å². The average molecular weight is 420 g/mol. The van der Waals surface area contributed by atoms with Gasteiger partial charge in [-0.1, -0.05) is 30.9 Å². The van der Waals surface area contributed by atoms with E-state index in [1.165, 1.54) is 32.1 Å². The van der Waals surface area contributed by atoms with E-state index in [4.69, 9.17) is 21.1 Å². The molecule has 9 nitrogen and oxygen atoms in total. The second-order valence-electron chi connectivity index (χ2n) is 7.30. The zero-order valence-corrected chi connectivity index (χ0v) is 17.5. The van der Waals surface area contributed by atoms with E-state index in [9.17, 15) is 0 Å². The maximum Gasteiger partial charge on any atom is 0.256 e. The first-order chi connectivity index (χ1) is 14.2. The van der Waals surface area contributed by atoms with Crippen LogP contribution < -0.4 is 10.1 Å². The summed E-state index contributed by atoms with van der Waals surface area (Å²) in [6.45, 7) is 3.10. The van der Waals surface area contributed by atoms with Crippen molar-refractivity contribution >= 4 is 34.3 Å². The van der Waals surface area contributed by atoms with Gasteiger partial charge in [0.2, 0.25) is 5.95 Å². The average Bonchev–Trinajstić information content (AvgIpc) is 3.25. The van der Waals surface area contributed by atoms with Crippen LogP contribution in [0.1, 0.15) is 44.2 Å². The van der Waals surface area contributed by atoms with E-state index in [1.54, 1.807) is 10.9 Å². The molecule has 156 valence electrons. The largest absolute Gasteiger partial charge is 0.475 e. The lowest BCUT2D eigenvalue weighted by atomic mass is 9.98. The molecule has 2 N–H and O–H groups in total. The number of rotatable bonds is 1. The van der Waals surface area contributed by atoms with Crippen molar-refractivity contribution in [2.24, 2.45) is 0 Å². The summed E-state index contributed by atoms with van der Waals surface area (Å²) in [5.41, 5.74) is 2.31. The third-order valence-corrected chi connectivity index (χ3v) is 5.51. The number of nitrogens with one attached hydrogen (secondary N) is 2. The van der Waals surface area contributed by atoms with E-state index in [2.05, 4.69) is 30.6 Å². The molecule has 0 unspecified atom stereocenters. The first-order valence-electron chi connectivity index (χ1n) is 10.0. The van der Waals surface area contributed by atoms with Crippen LogP contribution in [0.2, 0.25) is 5.15 Å². The Morgan fingerprint density at radius 2 is 2.07 bits per heavy atom. The zero-order chi connectivity index (χ0) is 20.2. The van der Waals surface area contributed by atoms with Gasteiger partial charge in [0.15, 0.2) is 10.8 Å². The highest BCUT2D eigenvalue weighted by Crippen LogP contribution is 2.29. The lowest BCUT2D eigenvalue weighted by Crippen LogP contribution is -2.13. The summed E-state index contributed by atoms with van der Waals surface area (Å²) in [6, 6.07) is 0. The molecular formula is C19H26ClN7O2. The number of aromatic nitrogens is 6. The predicted octanol–water partition coefficient (Wildman–Crippen LogP) is 4.00. The zero-order valence-electron chi connectivity index (χ0n) is 16.7. The van der Waals surface area contributed by atoms with Crippen LogP contribution in [0.4, 0.5) is 11.6 Å². The molecule has 0 saturated heterocycles. The van der Waals surface area contributed by atoms with Gasteiger partial charge in [0, 0.05) is 26.3 Å². The number of ether oxygens (including phenoxy) is 2. The maximum atomic E-state index is 6.11. The van der Waals surface area contributed by atoms with Crippen LogP contribution in [-0.4, -0.2) is 49.8 Å². The minimum absolute atomic E-state index is 0.412. The molecule has 5 rings (SSSR count). The normalized spacial score (nSPS) is 16.9. The summed E-state index contributed by atoms with van der Waals surface area (Å²) < 4.78 is 12.7. The maximum absolute atomic E-state index is 6.11. The fourth-order valence-corrected chi connectivity index (χ4v) is 3.82. The highest BCUT2D eigenvalue weighted by atomic mass is 35.5. The molecule has 2 bridgehead atoms. The summed E-state index contributed by atoms with van der Waals surface area (Å²) in [4.78, 5) is 8.77.